The number of benzene rings is 2. The Kier molecular flexibility index (Phi) is 4.53. The predicted octanol–water partition coefficient (Wildman–Crippen LogP) is 4.85. The molecular formula is C23H19N7OS. The van der Waals surface area contributed by atoms with Crippen LogP contribution in [0.15, 0.2) is 76.9 Å². The number of carbonyl (C=O) groups excluding carboxylic acids is 1. The van der Waals surface area contributed by atoms with E-state index in [-0.39, 0.29) is 11.8 Å². The van der Waals surface area contributed by atoms with Gasteiger partial charge in [0.2, 0.25) is 11.9 Å². The molecule has 32 heavy (non-hydrogen) atoms. The van der Waals surface area contributed by atoms with Crippen molar-refractivity contribution in [3.63, 3.8) is 0 Å². The fraction of sp³-hybridized carbons (Fsp3) is 0.130. The molecule has 1 saturated carbocycles. The summed E-state index contributed by atoms with van der Waals surface area (Å²) >= 11 is 1.54. The van der Waals surface area contributed by atoms with E-state index in [1.807, 2.05) is 65.2 Å². The number of amides is 1. The molecule has 0 radical (unpaired) electrons. The summed E-state index contributed by atoms with van der Waals surface area (Å²) in [5.74, 6) is 1.64. The molecule has 1 aliphatic carbocycles. The Morgan fingerprint density at radius 1 is 1.12 bits per heavy atom. The number of nitrogens with one attached hydrogen (secondary N) is 3. The zero-order valence-corrected chi connectivity index (χ0v) is 17.8. The molecule has 8 nitrogen and oxygen atoms in total. The van der Waals surface area contributed by atoms with Crippen molar-refractivity contribution in [1.82, 2.24) is 24.6 Å². The average Bonchev–Trinajstić information content (AvgIpc) is 3.43. The van der Waals surface area contributed by atoms with Crippen LogP contribution in [0.5, 0.6) is 0 Å². The van der Waals surface area contributed by atoms with Gasteiger partial charge in [-0.05, 0) is 49.2 Å². The van der Waals surface area contributed by atoms with Gasteiger partial charge in [-0.1, -0.05) is 23.9 Å². The lowest BCUT2D eigenvalue weighted by molar-refractivity contribution is -0.117. The highest BCUT2D eigenvalue weighted by Gasteiger charge is 2.29. The first-order valence-electron chi connectivity index (χ1n) is 10.4. The molecule has 1 fully saturated rings. The van der Waals surface area contributed by atoms with Gasteiger partial charge in [0, 0.05) is 40.3 Å². The number of para-hydroxylation sites is 1. The molecule has 3 heterocycles. The summed E-state index contributed by atoms with van der Waals surface area (Å²) in [7, 11) is 0. The van der Waals surface area contributed by atoms with Crippen molar-refractivity contribution in [3.05, 3.63) is 67.0 Å². The quantitative estimate of drug-likeness (QED) is 0.326. The number of anilines is 3. The van der Waals surface area contributed by atoms with Crippen LogP contribution in [-0.2, 0) is 4.79 Å². The number of hydrogen-bond acceptors (Lipinski definition) is 6. The highest BCUT2D eigenvalue weighted by molar-refractivity contribution is 7.99. The van der Waals surface area contributed by atoms with Crippen LogP contribution >= 0.6 is 11.8 Å². The van der Waals surface area contributed by atoms with Crippen LogP contribution in [0.1, 0.15) is 12.8 Å². The van der Waals surface area contributed by atoms with E-state index in [0.29, 0.717) is 11.8 Å². The summed E-state index contributed by atoms with van der Waals surface area (Å²) in [5.41, 5.74) is 2.56. The lowest BCUT2D eigenvalue weighted by Crippen LogP contribution is -2.12. The van der Waals surface area contributed by atoms with E-state index in [2.05, 4.69) is 25.8 Å². The van der Waals surface area contributed by atoms with E-state index in [1.165, 1.54) is 11.8 Å². The van der Waals surface area contributed by atoms with E-state index in [9.17, 15) is 4.79 Å². The Bertz CT molecular complexity index is 1440. The van der Waals surface area contributed by atoms with Crippen LogP contribution in [0.4, 0.5) is 17.5 Å². The molecule has 3 aromatic heterocycles. The van der Waals surface area contributed by atoms with Crippen molar-refractivity contribution in [1.29, 1.82) is 0 Å². The standard InChI is InChI=1S/C23H19N7OS/c31-22(14-5-6-14)25-15-7-9-16(10-8-15)32-20-13-19-24-11-12-30(19)23(26-20)27-21-17-3-1-2-4-18(17)28-29-21/h1-4,7-14H,5-6H2,(H,25,31)(H2,26,27,28,29). The maximum atomic E-state index is 11.9. The largest absolute Gasteiger partial charge is 0.326 e. The number of fused-ring (bicyclic) bond motifs is 2. The fourth-order valence-corrected chi connectivity index (χ4v) is 4.33. The van der Waals surface area contributed by atoms with Crippen molar-refractivity contribution in [3.8, 4) is 0 Å². The number of imidazole rings is 1. The van der Waals surface area contributed by atoms with Crippen molar-refractivity contribution >= 4 is 51.7 Å². The van der Waals surface area contributed by atoms with Crippen LogP contribution in [0.3, 0.4) is 0 Å². The molecule has 3 N–H and O–H groups in total. The summed E-state index contributed by atoms with van der Waals surface area (Å²) in [5, 5.41) is 15.5. The first-order chi connectivity index (χ1) is 15.7. The summed E-state index contributed by atoms with van der Waals surface area (Å²) in [6.07, 6.45) is 5.60. The molecule has 0 saturated heterocycles. The number of aromatic nitrogens is 5. The highest BCUT2D eigenvalue weighted by atomic mass is 32.2. The molecule has 2 aromatic carbocycles. The Hall–Kier alpha value is -3.85. The van der Waals surface area contributed by atoms with E-state index in [0.717, 1.165) is 45.0 Å². The Morgan fingerprint density at radius 2 is 1.97 bits per heavy atom. The van der Waals surface area contributed by atoms with Crippen molar-refractivity contribution in [2.75, 3.05) is 10.6 Å². The van der Waals surface area contributed by atoms with Crippen molar-refractivity contribution in [2.24, 2.45) is 5.92 Å². The molecule has 1 aliphatic rings. The van der Waals surface area contributed by atoms with Gasteiger partial charge in [0.15, 0.2) is 5.82 Å². The summed E-state index contributed by atoms with van der Waals surface area (Å²) in [6.45, 7) is 0. The third-order valence-corrected chi connectivity index (χ3v) is 6.29. The second-order valence-electron chi connectivity index (χ2n) is 7.71. The number of aromatic amines is 1. The lowest BCUT2D eigenvalue weighted by Gasteiger charge is -2.09. The van der Waals surface area contributed by atoms with Gasteiger partial charge in [0.1, 0.15) is 10.7 Å². The molecule has 5 aromatic rings. The van der Waals surface area contributed by atoms with E-state index < -0.39 is 0 Å². The van der Waals surface area contributed by atoms with E-state index in [1.54, 1.807) is 6.20 Å². The summed E-state index contributed by atoms with van der Waals surface area (Å²) in [6, 6.07) is 17.7. The van der Waals surface area contributed by atoms with Gasteiger partial charge in [-0.25, -0.2) is 9.97 Å². The number of H-pyrrole nitrogens is 1. The predicted molar refractivity (Wildman–Crippen MR) is 124 cm³/mol. The van der Waals surface area contributed by atoms with E-state index in [4.69, 9.17) is 4.98 Å². The van der Waals surface area contributed by atoms with Gasteiger partial charge in [0.25, 0.3) is 0 Å². The number of hydrogen-bond donors (Lipinski definition) is 3. The van der Waals surface area contributed by atoms with Crippen LogP contribution < -0.4 is 10.6 Å². The second kappa shape index (κ2) is 7.69. The zero-order valence-electron chi connectivity index (χ0n) is 16.9. The first-order valence-corrected chi connectivity index (χ1v) is 11.2. The van der Waals surface area contributed by atoms with Gasteiger partial charge in [-0.2, -0.15) is 5.10 Å². The normalized spacial score (nSPS) is 13.5. The fourth-order valence-electron chi connectivity index (χ4n) is 3.52. The summed E-state index contributed by atoms with van der Waals surface area (Å²) < 4.78 is 1.89. The molecule has 0 spiro atoms. The molecule has 158 valence electrons. The number of nitrogens with zero attached hydrogens (tertiary/aromatic N) is 4. The molecule has 1 amide bonds. The average molecular weight is 442 g/mol. The van der Waals surface area contributed by atoms with E-state index >= 15 is 0 Å². The van der Waals surface area contributed by atoms with Crippen LogP contribution in [0.2, 0.25) is 0 Å². The van der Waals surface area contributed by atoms with Gasteiger partial charge < -0.3 is 10.6 Å². The first kappa shape index (κ1) is 18.9. The Morgan fingerprint density at radius 3 is 2.81 bits per heavy atom. The number of rotatable bonds is 6. The minimum Gasteiger partial charge on any atom is -0.326 e. The van der Waals surface area contributed by atoms with Crippen molar-refractivity contribution < 1.29 is 4.79 Å². The zero-order chi connectivity index (χ0) is 21.5. The molecule has 0 aliphatic heterocycles. The maximum absolute atomic E-state index is 11.9. The molecule has 6 rings (SSSR count). The summed E-state index contributed by atoms with van der Waals surface area (Å²) in [4.78, 5) is 22.2. The van der Waals surface area contributed by atoms with Crippen molar-refractivity contribution in [2.45, 2.75) is 22.8 Å². The molecule has 0 unspecified atom stereocenters. The highest BCUT2D eigenvalue weighted by Crippen LogP contribution is 2.32. The molecule has 9 heteroatoms. The Balaban J connectivity index is 1.26. The topological polar surface area (TPSA) is 100 Å². The van der Waals surface area contributed by atoms with Crippen LogP contribution in [0.25, 0.3) is 16.6 Å². The molecule has 0 atom stereocenters. The minimum absolute atomic E-state index is 0.110. The minimum atomic E-state index is 0.110. The monoisotopic (exact) mass is 441 g/mol. The third-order valence-electron chi connectivity index (χ3n) is 5.36. The maximum Gasteiger partial charge on any atom is 0.227 e. The molecular weight excluding hydrogens is 422 g/mol. The van der Waals surface area contributed by atoms with Crippen LogP contribution in [-0.4, -0.2) is 30.5 Å². The van der Waals surface area contributed by atoms with Gasteiger partial charge in [-0.15, -0.1) is 0 Å². The van der Waals surface area contributed by atoms with Crippen LogP contribution in [0, 0.1) is 5.92 Å². The third kappa shape index (κ3) is 3.67. The molecule has 0 bridgehead atoms. The second-order valence-corrected chi connectivity index (χ2v) is 8.80. The van der Waals surface area contributed by atoms with Gasteiger partial charge in [0.05, 0.1) is 5.52 Å². The smallest absolute Gasteiger partial charge is 0.227 e. The SMILES string of the molecule is O=C(Nc1ccc(Sc2cc3nccn3c(Nc3n[nH]c4ccccc34)n2)cc1)C1CC1. The van der Waals surface area contributed by atoms with Gasteiger partial charge in [-0.3, -0.25) is 14.3 Å². The lowest BCUT2D eigenvalue weighted by atomic mass is 10.2. The van der Waals surface area contributed by atoms with Gasteiger partial charge >= 0.3 is 0 Å². The number of carbonyl (C=O) groups is 1. The Labute approximate surface area is 187 Å².